The van der Waals surface area contributed by atoms with Gasteiger partial charge in [0.25, 0.3) is 0 Å². The van der Waals surface area contributed by atoms with Crippen molar-refractivity contribution in [2.45, 2.75) is 12.4 Å². The average Bonchev–Trinajstić information content (AvgIpc) is 2.64. The lowest BCUT2D eigenvalue weighted by Crippen LogP contribution is -2.04. The minimum atomic E-state index is -4.48. The molecule has 0 atom stereocenters. The molecule has 0 spiro atoms. The molecule has 0 saturated carbocycles. The van der Waals surface area contributed by atoms with E-state index in [1.807, 2.05) is 0 Å². The first-order valence-corrected chi connectivity index (χ1v) is 9.71. The van der Waals surface area contributed by atoms with Crippen LogP contribution in [0, 0.1) is 0 Å². The van der Waals surface area contributed by atoms with Crippen LogP contribution in [0.2, 0.25) is 0 Å². The minimum absolute atomic E-state index is 0.106. The Hall–Kier alpha value is -2.20. The summed E-state index contributed by atoms with van der Waals surface area (Å²) in [6, 6.07) is 12.1. The van der Waals surface area contributed by atoms with Gasteiger partial charge < -0.3 is 9.47 Å². The van der Waals surface area contributed by atoms with Gasteiger partial charge in [0.2, 0.25) is 0 Å². The molecule has 0 saturated heterocycles. The van der Waals surface area contributed by atoms with Crippen LogP contribution < -0.4 is 9.47 Å². The molecule has 158 valence electrons. The third kappa shape index (κ3) is 5.48. The van der Waals surface area contributed by atoms with Crippen molar-refractivity contribution in [1.29, 1.82) is 0 Å². The Balaban J connectivity index is 1.79. The summed E-state index contributed by atoms with van der Waals surface area (Å²) in [4.78, 5) is 0. The van der Waals surface area contributed by atoms with Gasteiger partial charge in [-0.3, -0.25) is 0 Å². The van der Waals surface area contributed by atoms with Crippen LogP contribution in [0.25, 0.3) is 0 Å². The van der Waals surface area contributed by atoms with E-state index in [2.05, 4.69) is 31.9 Å². The fourth-order valence-corrected chi connectivity index (χ4v) is 3.29. The Morgan fingerprint density at radius 2 is 0.967 bits per heavy atom. The maximum Gasteiger partial charge on any atom is 0.416 e. The van der Waals surface area contributed by atoms with E-state index in [0.717, 1.165) is 24.3 Å². The molecular weight excluding hydrogens is 546 g/mol. The van der Waals surface area contributed by atoms with Crippen molar-refractivity contribution >= 4 is 31.9 Å². The molecule has 0 radical (unpaired) electrons. The summed E-state index contributed by atoms with van der Waals surface area (Å²) in [6.45, 7) is 0. The molecule has 0 heterocycles. The lowest BCUT2D eigenvalue weighted by atomic mass is 10.2. The molecule has 0 aliphatic carbocycles. The molecule has 0 unspecified atom stereocenters. The van der Waals surface area contributed by atoms with Crippen molar-refractivity contribution in [1.82, 2.24) is 0 Å². The average molecular weight is 556 g/mol. The van der Waals surface area contributed by atoms with Gasteiger partial charge in [0, 0.05) is 6.07 Å². The van der Waals surface area contributed by atoms with Crippen LogP contribution in [-0.2, 0) is 12.4 Å². The van der Waals surface area contributed by atoms with E-state index in [4.69, 9.17) is 9.47 Å². The molecule has 3 aromatic carbocycles. The quantitative estimate of drug-likeness (QED) is 0.299. The standard InChI is InChI=1S/C20H10Br2F6O2/c21-15-8-11(19(23,24)25)4-6-17(15)29-13-2-1-3-14(10-13)30-18-7-5-12(9-16(18)22)20(26,27)28/h1-10H. The molecule has 0 aliphatic heterocycles. The second kappa shape index (κ2) is 8.50. The number of hydrogen-bond acceptors (Lipinski definition) is 2. The van der Waals surface area contributed by atoms with Gasteiger partial charge in [-0.15, -0.1) is 0 Å². The second-order valence-corrected chi connectivity index (χ2v) is 7.67. The number of alkyl halides is 6. The van der Waals surface area contributed by atoms with Crippen LogP contribution in [0.5, 0.6) is 23.0 Å². The van der Waals surface area contributed by atoms with E-state index < -0.39 is 23.5 Å². The summed E-state index contributed by atoms with van der Waals surface area (Å²) < 4.78 is 88.0. The van der Waals surface area contributed by atoms with Crippen LogP contribution in [0.15, 0.2) is 69.6 Å². The number of rotatable bonds is 4. The van der Waals surface area contributed by atoms with Gasteiger partial charge in [0.05, 0.1) is 20.1 Å². The monoisotopic (exact) mass is 554 g/mol. The Labute approximate surface area is 183 Å². The SMILES string of the molecule is FC(F)(F)c1ccc(Oc2cccc(Oc3ccc(C(F)(F)F)cc3Br)c2)c(Br)c1. The highest BCUT2D eigenvalue weighted by molar-refractivity contribution is 9.10. The highest BCUT2D eigenvalue weighted by Crippen LogP contribution is 2.39. The molecule has 0 amide bonds. The smallest absolute Gasteiger partial charge is 0.416 e. The van der Waals surface area contributed by atoms with E-state index in [0.29, 0.717) is 0 Å². The maximum absolute atomic E-state index is 12.8. The van der Waals surface area contributed by atoms with Crippen molar-refractivity contribution in [2.75, 3.05) is 0 Å². The van der Waals surface area contributed by atoms with E-state index in [1.54, 1.807) is 18.2 Å². The molecule has 0 aliphatic rings. The largest absolute Gasteiger partial charge is 0.456 e. The summed E-state index contributed by atoms with van der Waals surface area (Å²) in [6.07, 6.45) is -8.96. The molecular formula is C20H10Br2F6O2. The van der Waals surface area contributed by atoms with E-state index >= 15 is 0 Å². The van der Waals surface area contributed by atoms with Gasteiger partial charge >= 0.3 is 12.4 Å². The van der Waals surface area contributed by atoms with E-state index in [9.17, 15) is 26.3 Å². The topological polar surface area (TPSA) is 18.5 Å². The van der Waals surface area contributed by atoms with Gasteiger partial charge in [-0.2, -0.15) is 26.3 Å². The Bertz CT molecular complexity index is 983. The fraction of sp³-hybridized carbons (Fsp3) is 0.100. The number of benzene rings is 3. The highest BCUT2D eigenvalue weighted by atomic mass is 79.9. The summed E-state index contributed by atoms with van der Waals surface area (Å²) in [5.74, 6) is 0.818. The molecule has 0 N–H and O–H groups in total. The Morgan fingerprint density at radius 3 is 1.30 bits per heavy atom. The Morgan fingerprint density at radius 1 is 0.567 bits per heavy atom. The number of ether oxygens (including phenoxy) is 2. The van der Waals surface area contributed by atoms with Crippen molar-refractivity contribution in [3.05, 3.63) is 80.7 Å². The minimum Gasteiger partial charge on any atom is -0.456 e. The maximum atomic E-state index is 12.8. The van der Waals surface area contributed by atoms with Crippen LogP contribution in [0.4, 0.5) is 26.3 Å². The summed E-state index contributed by atoms with van der Waals surface area (Å²) in [7, 11) is 0. The van der Waals surface area contributed by atoms with Crippen LogP contribution in [0.3, 0.4) is 0 Å². The van der Waals surface area contributed by atoms with E-state index in [1.165, 1.54) is 18.2 Å². The van der Waals surface area contributed by atoms with E-state index in [-0.39, 0.29) is 31.9 Å². The number of hydrogen-bond donors (Lipinski definition) is 0. The molecule has 30 heavy (non-hydrogen) atoms. The van der Waals surface area contributed by atoms with Gasteiger partial charge in [-0.25, -0.2) is 0 Å². The van der Waals surface area contributed by atoms with Gasteiger partial charge in [0.1, 0.15) is 23.0 Å². The first-order chi connectivity index (χ1) is 13.9. The van der Waals surface area contributed by atoms with Gasteiger partial charge in [-0.1, -0.05) is 6.07 Å². The first-order valence-electron chi connectivity index (χ1n) is 8.13. The zero-order chi connectivity index (χ0) is 22.1. The summed E-state index contributed by atoms with van der Waals surface area (Å²) in [5, 5.41) is 0. The third-order valence-corrected chi connectivity index (χ3v) is 5.02. The Kier molecular flexibility index (Phi) is 6.37. The lowest BCUT2D eigenvalue weighted by molar-refractivity contribution is -0.138. The van der Waals surface area contributed by atoms with Crippen molar-refractivity contribution in [3.8, 4) is 23.0 Å². The molecule has 0 fully saturated rings. The number of halogens is 8. The van der Waals surface area contributed by atoms with Gasteiger partial charge in [-0.05, 0) is 80.4 Å². The molecule has 3 aromatic rings. The van der Waals surface area contributed by atoms with Crippen LogP contribution in [0.1, 0.15) is 11.1 Å². The van der Waals surface area contributed by atoms with Crippen LogP contribution in [-0.4, -0.2) is 0 Å². The zero-order valence-corrected chi connectivity index (χ0v) is 17.8. The van der Waals surface area contributed by atoms with Crippen LogP contribution >= 0.6 is 31.9 Å². The lowest BCUT2D eigenvalue weighted by Gasteiger charge is -2.13. The molecule has 3 rings (SSSR count). The predicted octanol–water partition coefficient (Wildman–Crippen LogP) is 8.83. The second-order valence-electron chi connectivity index (χ2n) is 5.96. The summed E-state index contributed by atoms with van der Waals surface area (Å²) in [5.41, 5.74) is -1.66. The predicted molar refractivity (Wildman–Crippen MR) is 105 cm³/mol. The molecule has 0 bridgehead atoms. The summed E-state index contributed by atoms with van der Waals surface area (Å²) >= 11 is 6.09. The molecule has 10 heteroatoms. The fourth-order valence-electron chi connectivity index (χ4n) is 2.38. The molecule has 2 nitrogen and oxygen atoms in total. The molecule has 0 aromatic heterocycles. The normalized spacial score (nSPS) is 12.0. The third-order valence-electron chi connectivity index (χ3n) is 3.78. The van der Waals surface area contributed by atoms with Crippen molar-refractivity contribution < 1.29 is 35.8 Å². The van der Waals surface area contributed by atoms with Crippen molar-refractivity contribution in [2.24, 2.45) is 0 Å². The zero-order valence-electron chi connectivity index (χ0n) is 14.6. The first kappa shape index (κ1) is 22.5. The van der Waals surface area contributed by atoms with Crippen molar-refractivity contribution in [3.63, 3.8) is 0 Å². The highest BCUT2D eigenvalue weighted by Gasteiger charge is 2.31. The van der Waals surface area contributed by atoms with Gasteiger partial charge in [0.15, 0.2) is 0 Å².